The van der Waals surface area contributed by atoms with Gasteiger partial charge in [-0.2, -0.15) is 0 Å². The molecule has 0 N–H and O–H groups in total. The Morgan fingerprint density at radius 3 is 2.67 bits per heavy atom. The van der Waals surface area contributed by atoms with Crippen molar-refractivity contribution in [1.82, 2.24) is 0 Å². The molecule has 2 aromatic rings. The Morgan fingerprint density at radius 2 is 1.86 bits per heavy atom. The first-order valence-corrected chi connectivity index (χ1v) is 7.07. The molecule has 2 aromatic carbocycles. The lowest BCUT2D eigenvalue weighted by atomic mass is 9.83. The molecule has 0 radical (unpaired) electrons. The van der Waals surface area contributed by atoms with Crippen molar-refractivity contribution in [3.8, 4) is 0 Å². The standard InChI is InChI=1S/C18H14O3/c1-9-4-3-5-11-6-13-14(7-12(9)11)16(19)15-10(2)8-21-18(15)17(13)20/h3-7,10H,8H2,1-2H3. The molecular formula is C18H14O3. The zero-order valence-corrected chi connectivity index (χ0v) is 11.9. The van der Waals surface area contributed by atoms with Crippen molar-refractivity contribution in [2.75, 3.05) is 6.61 Å². The number of allylic oxidation sites excluding steroid dienone is 1. The van der Waals surface area contributed by atoms with Crippen LogP contribution in [0.4, 0.5) is 0 Å². The maximum atomic E-state index is 12.7. The summed E-state index contributed by atoms with van der Waals surface area (Å²) in [5, 5.41) is 2.00. The second kappa shape index (κ2) is 4.04. The lowest BCUT2D eigenvalue weighted by molar-refractivity contribution is 0.0913. The van der Waals surface area contributed by atoms with Crippen molar-refractivity contribution >= 4 is 22.3 Å². The summed E-state index contributed by atoms with van der Waals surface area (Å²) in [4.78, 5) is 25.3. The second-order valence-corrected chi connectivity index (χ2v) is 5.81. The molecule has 3 heteroatoms. The van der Waals surface area contributed by atoms with Gasteiger partial charge < -0.3 is 4.74 Å². The number of benzene rings is 2. The van der Waals surface area contributed by atoms with Gasteiger partial charge in [0.25, 0.3) is 0 Å². The first kappa shape index (κ1) is 12.3. The van der Waals surface area contributed by atoms with Gasteiger partial charge in [0.1, 0.15) is 0 Å². The number of rotatable bonds is 0. The quantitative estimate of drug-likeness (QED) is 0.741. The summed E-state index contributed by atoms with van der Waals surface area (Å²) >= 11 is 0. The lowest BCUT2D eigenvalue weighted by Gasteiger charge is -2.17. The molecule has 0 saturated carbocycles. The smallest absolute Gasteiger partial charge is 0.228 e. The number of Topliss-reactive ketones (excluding diaryl/α,β-unsaturated/α-hetero) is 2. The number of hydrogen-bond donors (Lipinski definition) is 0. The number of ether oxygens (including phenoxy) is 1. The molecule has 104 valence electrons. The van der Waals surface area contributed by atoms with Gasteiger partial charge in [-0.15, -0.1) is 0 Å². The first-order valence-electron chi connectivity index (χ1n) is 7.07. The van der Waals surface area contributed by atoms with Gasteiger partial charge in [-0.3, -0.25) is 9.59 Å². The predicted molar refractivity (Wildman–Crippen MR) is 79.5 cm³/mol. The highest BCUT2D eigenvalue weighted by atomic mass is 16.5. The van der Waals surface area contributed by atoms with Crippen molar-refractivity contribution in [2.24, 2.45) is 5.92 Å². The van der Waals surface area contributed by atoms with Crippen molar-refractivity contribution in [2.45, 2.75) is 13.8 Å². The lowest BCUT2D eigenvalue weighted by Crippen LogP contribution is -2.22. The average molecular weight is 278 g/mol. The molecule has 4 rings (SSSR count). The van der Waals surface area contributed by atoms with E-state index in [9.17, 15) is 9.59 Å². The van der Waals surface area contributed by atoms with E-state index in [4.69, 9.17) is 4.74 Å². The third-order valence-corrected chi connectivity index (χ3v) is 4.39. The molecule has 0 spiro atoms. The summed E-state index contributed by atoms with van der Waals surface area (Å²) in [5.74, 6) is 0.0197. The molecule has 1 aliphatic heterocycles. The van der Waals surface area contributed by atoms with Gasteiger partial charge in [0.2, 0.25) is 5.78 Å². The normalized spacial score (nSPS) is 20.6. The zero-order chi connectivity index (χ0) is 14.7. The van der Waals surface area contributed by atoms with Crippen LogP contribution in [-0.2, 0) is 4.74 Å². The highest BCUT2D eigenvalue weighted by Gasteiger charge is 2.40. The molecule has 21 heavy (non-hydrogen) atoms. The van der Waals surface area contributed by atoms with E-state index in [0.717, 1.165) is 16.3 Å². The molecule has 0 fully saturated rings. The van der Waals surface area contributed by atoms with Crippen LogP contribution in [0, 0.1) is 12.8 Å². The van der Waals surface area contributed by atoms with Gasteiger partial charge in [-0.1, -0.05) is 25.1 Å². The predicted octanol–water partition coefficient (Wildman–Crippen LogP) is 3.45. The SMILES string of the molecule is Cc1cccc2cc3c(cc12)C(=O)C1=C(OCC1C)C3=O. The number of fused-ring (bicyclic) bond motifs is 2. The van der Waals surface area contributed by atoms with Gasteiger partial charge in [-0.25, -0.2) is 0 Å². The summed E-state index contributed by atoms with van der Waals surface area (Å²) in [7, 11) is 0. The van der Waals surface area contributed by atoms with Crippen LogP contribution < -0.4 is 0 Å². The highest BCUT2D eigenvalue weighted by Crippen LogP contribution is 2.37. The number of ketones is 2. The number of carbonyl (C=O) groups is 2. The van der Waals surface area contributed by atoms with Crippen LogP contribution in [0.25, 0.3) is 10.8 Å². The molecule has 3 nitrogen and oxygen atoms in total. The van der Waals surface area contributed by atoms with Crippen molar-refractivity contribution in [3.05, 3.63) is 58.4 Å². The van der Waals surface area contributed by atoms with Crippen molar-refractivity contribution < 1.29 is 14.3 Å². The fourth-order valence-corrected chi connectivity index (χ4v) is 3.23. The fraction of sp³-hybridized carbons (Fsp3) is 0.222. The summed E-state index contributed by atoms with van der Waals surface area (Å²) in [6.07, 6.45) is 0. The number of aryl methyl sites for hydroxylation is 1. The molecule has 1 heterocycles. The van der Waals surface area contributed by atoms with Crippen LogP contribution in [0.3, 0.4) is 0 Å². The molecule has 2 aliphatic rings. The van der Waals surface area contributed by atoms with Crippen LogP contribution in [0.2, 0.25) is 0 Å². The number of hydrogen-bond acceptors (Lipinski definition) is 3. The molecule has 1 unspecified atom stereocenters. The third-order valence-electron chi connectivity index (χ3n) is 4.39. The maximum Gasteiger partial charge on any atom is 0.228 e. The molecular weight excluding hydrogens is 264 g/mol. The van der Waals surface area contributed by atoms with Crippen LogP contribution in [-0.4, -0.2) is 18.2 Å². The minimum atomic E-state index is -0.160. The fourth-order valence-electron chi connectivity index (χ4n) is 3.23. The van der Waals surface area contributed by atoms with E-state index < -0.39 is 0 Å². The second-order valence-electron chi connectivity index (χ2n) is 5.81. The van der Waals surface area contributed by atoms with Crippen molar-refractivity contribution in [3.63, 3.8) is 0 Å². The van der Waals surface area contributed by atoms with Gasteiger partial charge in [0.15, 0.2) is 11.5 Å². The Kier molecular flexibility index (Phi) is 2.37. The van der Waals surface area contributed by atoms with E-state index in [2.05, 4.69) is 0 Å². The first-order chi connectivity index (χ1) is 10.1. The molecule has 0 saturated heterocycles. The zero-order valence-electron chi connectivity index (χ0n) is 11.9. The third kappa shape index (κ3) is 1.54. The Bertz CT molecular complexity index is 858. The van der Waals surface area contributed by atoms with Crippen LogP contribution >= 0.6 is 0 Å². The van der Waals surface area contributed by atoms with E-state index in [1.54, 1.807) is 0 Å². The van der Waals surface area contributed by atoms with Gasteiger partial charge in [-0.05, 0) is 35.4 Å². The van der Waals surface area contributed by atoms with Crippen LogP contribution in [0.15, 0.2) is 41.7 Å². The van der Waals surface area contributed by atoms with Gasteiger partial charge in [0.05, 0.1) is 12.2 Å². The molecule has 0 aromatic heterocycles. The summed E-state index contributed by atoms with van der Waals surface area (Å²) in [6.45, 7) is 4.34. The molecule has 1 aliphatic carbocycles. The molecule has 0 amide bonds. The van der Waals surface area contributed by atoms with E-state index in [1.165, 1.54) is 0 Å². The molecule has 1 atom stereocenters. The van der Waals surface area contributed by atoms with Crippen LogP contribution in [0.5, 0.6) is 0 Å². The average Bonchev–Trinajstić information content (AvgIpc) is 2.86. The maximum absolute atomic E-state index is 12.7. The Morgan fingerprint density at radius 1 is 1.10 bits per heavy atom. The summed E-state index contributed by atoms with van der Waals surface area (Å²) < 4.78 is 5.45. The monoisotopic (exact) mass is 278 g/mol. The minimum Gasteiger partial charge on any atom is -0.488 e. The van der Waals surface area contributed by atoms with Crippen LogP contribution in [0.1, 0.15) is 33.2 Å². The van der Waals surface area contributed by atoms with E-state index >= 15 is 0 Å². The van der Waals surface area contributed by atoms with E-state index in [1.807, 2.05) is 44.2 Å². The Labute approximate surface area is 122 Å². The topological polar surface area (TPSA) is 43.4 Å². The van der Waals surface area contributed by atoms with Gasteiger partial charge >= 0.3 is 0 Å². The number of carbonyl (C=O) groups excluding carboxylic acids is 2. The van der Waals surface area contributed by atoms with Crippen molar-refractivity contribution in [1.29, 1.82) is 0 Å². The van der Waals surface area contributed by atoms with E-state index in [-0.39, 0.29) is 23.2 Å². The Hall–Kier alpha value is -2.42. The summed E-state index contributed by atoms with van der Waals surface area (Å²) in [6, 6.07) is 9.60. The Balaban J connectivity index is 2.04. The minimum absolute atomic E-state index is 0.0165. The van der Waals surface area contributed by atoms with E-state index in [0.29, 0.717) is 23.3 Å². The van der Waals surface area contributed by atoms with Gasteiger partial charge in [0, 0.05) is 17.0 Å². The largest absolute Gasteiger partial charge is 0.488 e. The summed E-state index contributed by atoms with van der Waals surface area (Å²) in [5.41, 5.74) is 2.62. The highest BCUT2D eigenvalue weighted by molar-refractivity contribution is 6.28. The molecule has 0 bridgehead atoms.